The van der Waals surface area contributed by atoms with Crippen LogP contribution in [0.2, 0.25) is 0 Å². The first kappa shape index (κ1) is 41.4. The predicted molar refractivity (Wildman–Crippen MR) is 216 cm³/mol. The van der Waals surface area contributed by atoms with Gasteiger partial charge in [-0.05, 0) is 58.9 Å². The first-order valence-corrected chi connectivity index (χ1v) is 20.6. The van der Waals surface area contributed by atoms with Gasteiger partial charge in [0.25, 0.3) is 21.1 Å². The number of ether oxygens (including phenoxy) is 1. The molecule has 1 atom stereocenters. The number of imidazole rings is 1. The van der Waals surface area contributed by atoms with Crippen LogP contribution in [0.4, 0.5) is 13.2 Å². The largest absolute Gasteiger partial charge is 0.467 e. The van der Waals surface area contributed by atoms with Crippen molar-refractivity contribution in [3.8, 4) is 11.1 Å². The number of hydrogen-bond acceptors (Lipinski definition) is 8. The number of esters is 1. The van der Waals surface area contributed by atoms with Crippen molar-refractivity contribution in [3.63, 3.8) is 0 Å². The normalized spacial score (nSPS) is 15.5. The summed E-state index contributed by atoms with van der Waals surface area (Å²) in [6.45, 7) is -0.428. The highest BCUT2D eigenvalue weighted by atomic mass is 32.2. The third-order valence-corrected chi connectivity index (χ3v) is 13.1. The third kappa shape index (κ3) is 7.64. The van der Waals surface area contributed by atoms with E-state index in [2.05, 4.69) is 4.98 Å². The van der Waals surface area contributed by atoms with Gasteiger partial charge in [0.2, 0.25) is 0 Å². The Morgan fingerprint density at radius 3 is 2.29 bits per heavy atom. The minimum Gasteiger partial charge on any atom is -0.467 e. The van der Waals surface area contributed by atoms with Gasteiger partial charge in [0.1, 0.15) is 11.9 Å². The summed E-state index contributed by atoms with van der Waals surface area (Å²) in [4.78, 5) is 57.0. The Balaban J connectivity index is 1.18. The Kier molecular flexibility index (Phi) is 11.3. The van der Waals surface area contributed by atoms with E-state index in [1.165, 1.54) is 29.8 Å². The van der Waals surface area contributed by atoms with Crippen LogP contribution in [-0.4, -0.2) is 62.1 Å². The zero-order chi connectivity index (χ0) is 42.4. The molecule has 1 aliphatic rings. The first-order valence-electron chi connectivity index (χ1n) is 19.2. The number of sulfonamides is 1. The summed E-state index contributed by atoms with van der Waals surface area (Å²) in [5.74, 6) is -0.221. The zero-order valence-electron chi connectivity index (χ0n) is 33.0. The highest BCUT2D eigenvalue weighted by molar-refractivity contribution is 7.89. The standard InChI is InChI=1S/C42H43F3N6O7S/c1-47-33(46-37-36(47)38(53)49(3)41(55)48(37)2)20-8-6-5-7-11-21-50-25-32(40(54)58-4)51-34(52)24-29(22-27-16-12-15-26-14-9-10-19-31(26)27)35(39(51)59(50,56)57)28-17-13-18-30(23-28)42(43,44)45/h9-10,12-19,23-24,32H,5-8,11,20-22,25H2,1-4H3. The molecular weight excluding hydrogens is 790 g/mol. The SMILES string of the molecule is COC(=O)C1CN(CCCCCCCc2nc3c(c(=O)n(C)c(=O)n3C)n2C)S(=O)(=O)c2c(-c3cccc(C(F)(F)F)c3)c(Cc3cccc4ccccc34)cc(=O)n21. The van der Waals surface area contributed by atoms with E-state index in [4.69, 9.17) is 4.74 Å². The van der Waals surface area contributed by atoms with E-state index in [0.717, 1.165) is 55.4 Å². The second-order valence-corrected chi connectivity index (χ2v) is 16.7. The molecule has 0 N–H and O–H groups in total. The predicted octanol–water partition coefficient (Wildman–Crippen LogP) is 5.47. The van der Waals surface area contributed by atoms with Crippen molar-refractivity contribution in [1.82, 2.24) is 27.6 Å². The maximum atomic E-state index is 14.8. The average molecular weight is 833 g/mol. The molecule has 0 aliphatic carbocycles. The van der Waals surface area contributed by atoms with Crippen molar-refractivity contribution in [1.29, 1.82) is 0 Å². The quantitative estimate of drug-likeness (QED) is 0.117. The summed E-state index contributed by atoms with van der Waals surface area (Å²) in [7, 11) is 1.25. The van der Waals surface area contributed by atoms with Crippen LogP contribution in [0.5, 0.6) is 0 Å². The molecule has 0 radical (unpaired) electrons. The van der Waals surface area contributed by atoms with Crippen LogP contribution >= 0.6 is 0 Å². The molecule has 17 heteroatoms. The van der Waals surface area contributed by atoms with Gasteiger partial charge in [-0.25, -0.2) is 23.0 Å². The summed E-state index contributed by atoms with van der Waals surface area (Å²) < 4.78 is 83.0. The number of nitrogens with zero attached hydrogens (tertiary/aromatic N) is 6. The lowest BCUT2D eigenvalue weighted by Gasteiger charge is -2.35. The molecule has 0 fully saturated rings. The number of rotatable bonds is 12. The van der Waals surface area contributed by atoms with Gasteiger partial charge in [-0.15, -0.1) is 0 Å². The molecule has 0 saturated heterocycles. The fourth-order valence-corrected chi connectivity index (χ4v) is 9.98. The summed E-state index contributed by atoms with van der Waals surface area (Å²) >= 11 is 0. The molecule has 0 bridgehead atoms. The number of pyridine rings is 1. The van der Waals surface area contributed by atoms with Gasteiger partial charge in [0.05, 0.1) is 12.7 Å². The molecular formula is C42H43F3N6O7S. The van der Waals surface area contributed by atoms with Crippen molar-refractivity contribution >= 4 is 37.9 Å². The van der Waals surface area contributed by atoms with Crippen molar-refractivity contribution in [2.75, 3.05) is 20.2 Å². The van der Waals surface area contributed by atoms with Crippen LogP contribution in [0, 0.1) is 0 Å². The molecule has 0 spiro atoms. The summed E-state index contributed by atoms with van der Waals surface area (Å²) in [6, 6.07) is 17.1. The summed E-state index contributed by atoms with van der Waals surface area (Å²) in [5, 5.41) is 1.15. The van der Waals surface area contributed by atoms with Crippen molar-refractivity contribution in [2.45, 2.75) is 62.2 Å². The van der Waals surface area contributed by atoms with E-state index in [9.17, 15) is 40.8 Å². The van der Waals surface area contributed by atoms with Gasteiger partial charge >= 0.3 is 17.8 Å². The molecule has 4 heterocycles. The monoisotopic (exact) mass is 832 g/mol. The van der Waals surface area contributed by atoms with E-state index in [1.807, 2.05) is 42.5 Å². The number of alkyl halides is 3. The van der Waals surface area contributed by atoms with Gasteiger partial charge in [-0.2, -0.15) is 17.5 Å². The number of carbonyl (C=O) groups is 1. The second-order valence-electron chi connectivity index (χ2n) is 14.8. The highest BCUT2D eigenvalue weighted by Gasteiger charge is 2.44. The number of carbonyl (C=O) groups excluding carboxylic acids is 1. The molecule has 6 aromatic rings. The molecule has 310 valence electrons. The lowest BCUT2D eigenvalue weighted by molar-refractivity contribution is -0.145. The van der Waals surface area contributed by atoms with E-state index in [-0.39, 0.29) is 29.7 Å². The van der Waals surface area contributed by atoms with Gasteiger partial charge < -0.3 is 9.30 Å². The van der Waals surface area contributed by atoms with Crippen LogP contribution in [0.15, 0.2) is 92.2 Å². The van der Waals surface area contributed by atoms with E-state index in [0.29, 0.717) is 49.1 Å². The Morgan fingerprint density at radius 2 is 1.54 bits per heavy atom. The smallest absolute Gasteiger partial charge is 0.416 e. The summed E-state index contributed by atoms with van der Waals surface area (Å²) in [5.41, 5.74) is -1.31. The number of halogens is 3. The number of fused-ring (bicyclic) bond motifs is 3. The minimum absolute atomic E-state index is 0.0114. The van der Waals surface area contributed by atoms with Gasteiger partial charge in [0.15, 0.2) is 16.2 Å². The van der Waals surface area contributed by atoms with Crippen LogP contribution in [0.1, 0.15) is 60.7 Å². The van der Waals surface area contributed by atoms with Crippen molar-refractivity contribution in [2.24, 2.45) is 21.1 Å². The van der Waals surface area contributed by atoms with Crippen LogP contribution in [-0.2, 0) is 59.7 Å². The molecule has 3 aromatic heterocycles. The fraction of sp³-hybridized carbons (Fsp3) is 0.357. The van der Waals surface area contributed by atoms with Gasteiger partial charge in [-0.3, -0.25) is 23.3 Å². The second kappa shape index (κ2) is 16.1. The Bertz CT molecular complexity index is 2910. The maximum Gasteiger partial charge on any atom is 0.416 e. The number of hydrogen-bond donors (Lipinski definition) is 0. The Hall–Kier alpha value is -5.81. The Labute approximate surface area is 337 Å². The van der Waals surface area contributed by atoms with Crippen molar-refractivity contribution < 1.29 is 31.1 Å². The third-order valence-electron chi connectivity index (χ3n) is 11.2. The molecule has 1 unspecified atom stereocenters. The van der Waals surface area contributed by atoms with Crippen molar-refractivity contribution in [3.05, 3.63) is 127 Å². The average Bonchev–Trinajstić information content (AvgIpc) is 3.54. The van der Waals surface area contributed by atoms with Gasteiger partial charge in [0, 0.05) is 52.3 Å². The molecule has 3 aromatic carbocycles. The van der Waals surface area contributed by atoms with Gasteiger partial charge in [-0.1, -0.05) is 73.9 Å². The molecule has 59 heavy (non-hydrogen) atoms. The first-order chi connectivity index (χ1) is 28.0. The maximum absolute atomic E-state index is 14.8. The molecule has 1 aliphatic heterocycles. The minimum atomic E-state index is -4.75. The zero-order valence-corrected chi connectivity index (χ0v) is 33.8. The highest BCUT2D eigenvalue weighted by Crippen LogP contribution is 2.40. The van der Waals surface area contributed by atoms with Crippen LogP contribution in [0.3, 0.4) is 0 Å². The van der Waals surface area contributed by atoms with E-state index >= 15 is 0 Å². The summed E-state index contributed by atoms with van der Waals surface area (Å²) in [6.07, 6.45) is -1.06. The lowest BCUT2D eigenvalue weighted by Crippen LogP contribution is -2.50. The lowest BCUT2D eigenvalue weighted by atomic mass is 9.93. The number of aryl methyl sites for hydroxylation is 3. The molecule has 7 rings (SSSR count). The van der Waals surface area contributed by atoms with Crippen LogP contribution in [0.25, 0.3) is 33.1 Å². The fourth-order valence-electron chi connectivity index (χ4n) is 8.06. The number of methoxy groups -OCH3 is 1. The van der Waals surface area contributed by atoms with E-state index < -0.39 is 62.2 Å². The molecule has 0 saturated carbocycles. The molecule has 0 amide bonds. The topological polar surface area (TPSA) is 148 Å². The molecule has 13 nitrogen and oxygen atoms in total. The van der Waals surface area contributed by atoms with E-state index in [1.54, 1.807) is 18.7 Å². The van der Waals surface area contributed by atoms with Crippen LogP contribution < -0.4 is 16.8 Å². The Morgan fingerprint density at radius 1 is 0.847 bits per heavy atom. The number of aromatic nitrogens is 5. The number of benzene rings is 3. The number of unbranched alkanes of at least 4 members (excludes halogenated alkanes) is 4.